The fourth-order valence-electron chi connectivity index (χ4n) is 6.26. The molecule has 316 valence electrons. The summed E-state index contributed by atoms with van der Waals surface area (Å²) in [5, 5.41) is 50.4. The molecule has 1 atom stereocenters. The van der Waals surface area contributed by atoms with Gasteiger partial charge in [0.15, 0.2) is 23.0 Å². The van der Waals surface area contributed by atoms with Crippen molar-refractivity contribution in [1.82, 2.24) is 5.32 Å². The lowest BCUT2D eigenvalue weighted by molar-refractivity contribution is -0.118. The summed E-state index contributed by atoms with van der Waals surface area (Å²) in [6, 6.07) is 21.8. The quantitative estimate of drug-likeness (QED) is 0.0706. The second-order valence-electron chi connectivity index (χ2n) is 13.5. The second-order valence-corrected chi connectivity index (χ2v) is 13.5. The molecule has 5 amide bonds. The number of carbonyl (C=O) groups excluding carboxylic acids is 5. The number of rotatable bonds is 13. The van der Waals surface area contributed by atoms with Crippen LogP contribution in [0, 0.1) is 0 Å². The predicted octanol–water partition coefficient (Wildman–Crippen LogP) is 5.01. The minimum Gasteiger partial charge on any atom is -0.508 e. The number of ether oxygens (including phenoxy) is 2. The van der Waals surface area contributed by atoms with Crippen LogP contribution in [0.4, 0.5) is 22.7 Å². The molecular formula is C44H38N6O12. The van der Waals surface area contributed by atoms with Crippen LogP contribution in [-0.2, 0) is 9.59 Å². The van der Waals surface area contributed by atoms with Gasteiger partial charge in [0, 0.05) is 22.4 Å². The molecule has 1 heterocycles. The second kappa shape index (κ2) is 18.0. The van der Waals surface area contributed by atoms with Gasteiger partial charge in [-0.15, -0.1) is 0 Å². The van der Waals surface area contributed by atoms with Crippen molar-refractivity contribution < 1.29 is 58.7 Å². The van der Waals surface area contributed by atoms with Crippen LogP contribution in [0.2, 0.25) is 0 Å². The van der Waals surface area contributed by atoms with Gasteiger partial charge in [-0.25, -0.2) is 4.79 Å². The molecule has 0 saturated carbocycles. The van der Waals surface area contributed by atoms with Crippen molar-refractivity contribution in [3.8, 4) is 28.7 Å². The van der Waals surface area contributed by atoms with E-state index in [4.69, 9.17) is 15.2 Å². The summed E-state index contributed by atoms with van der Waals surface area (Å²) in [5.74, 6) is -6.28. The maximum absolute atomic E-state index is 13.4. The first-order valence-corrected chi connectivity index (χ1v) is 18.4. The number of carboxylic acids is 1. The Kier molecular flexibility index (Phi) is 12.4. The molecule has 1 aliphatic rings. The van der Waals surface area contributed by atoms with E-state index < -0.39 is 52.7 Å². The molecule has 6 rings (SSSR count). The number of benzene rings is 5. The molecule has 5 aromatic rings. The zero-order valence-corrected chi connectivity index (χ0v) is 33.0. The zero-order chi connectivity index (χ0) is 44.8. The third-order valence-electron chi connectivity index (χ3n) is 9.44. The van der Waals surface area contributed by atoms with Crippen LogP contribution in [0.3, 0.4) is 0 Å². The number of amides is 5. The molecule has 0 spiro atoms. The first kappa shape index (κ1) is 42.8. The smallest absolute Gasteiger partial charge is 0.339 e. The van der Waals surface area contributed by atoms with Crippen LogP contribution < -0.4 is 41.4 Å². The van der Waals surface area contributed by atoms with E-state index in [-0.39, 0.29) is 57.0 Å². The number of hydrogen-bond donors (Lipinski definition) is 9. The van der Waals surface area contributed by atoms with Crippen molar-refractivity contribution in [2.75, 3.05) is 35.1 Å². The van der Waals surface area contributed by atoms with Gasteiger partial charge < -0.3 is 56.9 Å². The zero-order valence-electron chi connectivity index (χ0n) is 33.0. The third kappa shape index (κ3) is 9.08. The molecule has 0 aliphatic carbocycles. The van der Waals surface area contributed by atoms with Gasteiger partial charge in [0.25, 0.3) is 29.5 Å². The fraction of sp³-hybridized carbons (Fsp3) is 0.0909. The summed E-state index contributed by atoms with van der Waals surface area (Å²) in [4.78, 5) is 78.2. The third-order valence-corrected chi connectivity index (χ3v) is 9.44. The largest absolute Gasteiger partial charge is 0.508 e. The first-order chi connectivity index (χ1) is 29.6. The number of aromatic carboxylic acids is 1. The Labute approximate surface area is 352 Å². The highest BCUT2D eigenvalue weighted by atomic mass is 16.5. The van der Waals surface area contributed by atoms with Gasteiger partial charge in [-0.2, -0.15) is 0 Å². The minimum atomic E-state index is -1.42. The topological polar surface area (TPSA) is 279 Å². The van der Waals surface area contributed by atoms with Crippen LogP contribution in [0.25, 0.3) is 6.08 Å². The van der Waals surface area contributed by atoms with E-state index in [1.54, 1.807) is 25.1 Å². The number of carboxylic acid groups (broad SMARTS) is 1. The Bertz CT molecular complexity index is 2680. The first-order valence-electron chi connectivity index (χ1n) is 18.4. The van der Waals surface area contributed by atoms with Crippen LogP contribution in [0.5, 0.6) is 28.7 Å². The van der Waals surface area contributed by atoms with Crippen molar-refractivity contribution in [3.63, 3.8) is 0 Å². The van der Waals surface area contributed by atoms with E-state index in [1.165, 1.54) is 96.9 Å². The number of phenolic OH excluding ortho intramolecular Hbond substituents is 2. The Morgan fingerprint density at radius 1 is 0.677 bits per heavy atom. The van der Waals surface area contributed by atoms with E-state index >= 15 is 0 Å². The molecule has 10 N–H and O–H groups in total. The van der Waals surface area contributed by atoms with E-state index in [1.807, 2.05) is 0 Å². The molecule has 1 aliphatic heterocycles. The summed E-state index contributed by atoms with van der Waals surface area (Å²) in [5.41, 5.74) is 7.53. The maximum atomic E-state index is 13.4. The average Bonchev–Trinajstić information content (AvgIpc) is 3.52. The molecule has 0 radical (unpaired) electrons. The lowest BCUT2D eigenvalue weighted by Crippen LogP contribution is -2.43. The van der Waals surface area contributed by atoms with Gasteiger partial charge in [-0.1, -0.05) is 12.1 Å². The van der Waals surface area contributed by atoms with Crippen molar-refractivity contribution in [1.29, 1.82) is 0 Å². The molecule has 0 saturated heterocycles. The molecule has 0 unspecified atom stereocenters. The summed E-state index contributed by atoms with van der Waals surface area (Å²) in [6.07, 6.45) is 3.03. The molecule has 0 bridgehead atoms. The molecule has 0 aromatic heterocycles. The SMILES string of the molecule is COc1c(NC(=O)c2ccc(NC(=O)c3ccc(N4C(=O)[C@@H](NC(=O)c5ccc(NC(=O)/C(C)=C/c6ccc(O)cc6)cc5)C=C4N)cc3)c(OC)c2O)ccc(C(=O)O)c1O. The van der Waals surface area contributed by atoms with Gasteiger partial charge >= 0.3 is 5.97 Å². The number of hydrogen-bond acceptors (Lipinski definition) is 12. The summed E-state index contributed by atoms with van der Waals surface area (Å²) < 4.78 is 10.4. The summed E-state index contributed by atoms with van der Waals surface area (Å²) in [7, 11) is 2.37. The molecule has 0 fully saturated rings. The fourth-order valence-corrected chi connectivity index (χ4v) is 6.26. The number of nitrogens with two attached hydrogens (primary N) is 1. The Morgan fingerprint density at radius 2 is 1.21 bits per heavy atom. The Morgan fingerprint density at radius 3 is 1.79 bits per heavy atom. The monoisotopic (exact) mass is 842 g/mol. The number of aromatic hydroxyl groups is 3. The van der Waals surface area contributed by atoms with Gasteiger partial charge in [0.05, 0.1) is 36.8 Å². The van der Waals surface area contributed by atoms with E-state index in [0.717, 1.165) is 18.7 Å². The highest BCUT2D eigenvalue weighted by Crippen LogP contribution is 2.40. The predicted molar refractivity (Wildman–Crippen MR) is 226 cm³/mol. The lowest BCUT2D eigenvalue weighted by Gasteiger charge is -2.20. The van der Waals surface area contributed by atoms with Gasteiger partial charge in [0.1, 0.15) is 23.2 Å². The van der Waals surface area contributed by atoms with Crippen molar-refractivity contribution >= 4 is 64.3 Å². The van der Waals surface area contributed by atoms with Crippen molar-refractivity contribution in [2.45, 2.75) is 13.0 Å². The summed E-state index contributed by atoms with van der Waals surface area (Å²) in [6.45, 7) is 1.64. The highest BCUT2D eigenvalue weighted by Gasteiger charge is 2.34. The lowest BCUT2D eigenvalue weighted by atomic mass is 10.1. The average molecular weight is 843 g/mol. The van der Waals surface area contributed by atoms with E-state index in [9.17, 15) is 49.2 Å². The normalized spacial score (nSPS) is 13.4. The molecule has 5 aromatic carbocycles. The van der Waals surface area contributed by atoms with Gasteiger partial charge in [0.2, 0.25) is 0 Å². The minimum absolute atomic E-state index is 0.00856. The van der Waals surface area contributed by atoms with E-state index in [2.05, 4.69) is 21.3 Å². The van der Waals surface area contributed by atoms with Crippen LogP contribution in [0.15, 0.2) is 115 Å². The molecule has 62 heavy (non-hydrogen) atoms. The number of phenols is 3. The van der Waals surface area contributed by atoms with Crippen molar-refractivity contribution in [2.24, 2.45) is 5.73 Å². The number of methoxy groups -OCH3 is 2. The van der Waals surface area contributed by atoms with Crippen LogP contribution in [0.1, 0.15) is 53.9 Å². The van der Waals surface area contributed by atoms with Crippen LogP contribution >= 0.6 is 0 Å². The Hall–Kier alpha value is -8.80. The highest BCUT2D eigenvalue weighted by molar-refractivity contribution is 6.11. The summed E-state index contributed by atoms with van der Waals surface area (Å²) >= 11 is 0. The number of nitrogens with one attached hydrogen (secondary N) is 4. The Balaban J connectivity index is 1.06. The van der Waals surface area contributed by atoms with Crippen molar-refractivity contribution in [3.05, 3.63) is 142 Å². The number of carbonyl (C=O) groups is 6. The molecule has 18 nitrogen and oxygen atoms in total. The standard InChI is InChI=1S/C44H38N6O12/c1-22(20-23-4-14-28(51)15-5-23)39(54)46-26-10-6-24(7-11-26)41(56)49-33-21-34(45)50(43(33)58)27-12-8-25(9-13-27)40(55)47-31-18-16-29(35(52)37(31)61-2)42(57)48-32-19-17-30(44(59)60)36(53)38(32)62-3/h4-21,33,51-53H,45H2,1-3H3,(H,46,54)(H,47,55)(H,48,57)(H,49,56)(H,59,60)/b22-20+/t33-/m0/s1. The number of anilines is 4. The van der Waals surface area contributed by atoms with Gasteiger partial charge in [-0.3, -0.25) is 28.9 Å². The van der Waals surface area contributed by atoms with E-state index in [0.29, 0.717) is 16.9 Å². The van der Waals surface area contributed by atoms with Gasteiger partial charge in [-0.05, 0) is 110 Å². The molecule has 18 heteroatoms. The number of nitrogens with zero attached hydrogens (tertiary/aromatic N) is 1. The van der Waals surface area contributed by atoms with Crippen LogP contribution in [-0.4, -0.2) is 76.2 Å². The molecular weight excluding hydrogens is 805 g/mol. The maximum Gasteiger partial charge on any atom is 0.339 e.